The van der Waals surface area contributed by atoms with E-state index in [4.69, 9.17) is 25.2 Å². The van der Waals surface area contributed by atoms with Gasteiger partial charge in [0.1, 0.15) is 23.0 Å². The summed E-state index contributed by atoms with van der Waals surface area (Å²) in [6.07, 6.45) is 3.31. The number of likely N-dealkylation sites (tertiary alicyclic amines) is 1. The van der Waals surface area contributed by atoms with Crippen LogP contribution in [-0.2, 0) is 27.9 Å². The summed E-state index contributed by atoms with van der Waals surface area (Å²) >= 11 is 0. The normalized spacial score (nSPS) is 22.8. The number of carbonyl (C=O) groups excluding carboxylic acids is 2. The first kappa shape index (κ1) is 33.7. The summed E-state index contributed by atoms with van der Waals surface area (Å²) in [6, 6.07) is 8.38. The lowest BCUT2D eigenvalue weighted by Gasteiger charge is -2.36. The van der Waals surface area contributed by atoms with Crippen molar-refractivity contribution in [2.45, 2.75) is 82.9 Å². The van der Waals surface area contributed by atoms with Gasteiger partial charge in [0.2, 0.25) is 5.91 Å². The van der Waals surface area contributed by atoms with E-state index in [-0.39, 0.29) is 37.4 Å². The molecule has 2 aliphatic heterocycles. The van der Waals surface area contributed by atoms with E-state index in [0.29, 0.717) is 29.1 Å². The Kier molecular flexibility index (Phi) is 9.95. The molecule has 3 N–H and O–H groups in total. The smallest absolute Gasteiger partial charge is 0.345 e. The predicted molar refractivity (Wildman–Crippen MR) is 176 cm³/mol. The van der Waals surface area contributed by atoms with Gasteiger partial charge >= 0.3 is 6.61 Å². The van der Waals surface area contributed by atoms with Crippen molar-refractivity contribution in [3.8, 4) is 17.3 Å². The van der Waals surface area contributed by atoms with Crippen LogP contribution in [-0.4, -0.2) is 88.0 Å². The number of pyridine rings is 1. The fourth-order valence-electron chi connectivity index (χ4n) is 6.93. The summed E-state index contributed by atoms with van der Waals surface area (Å²) in [5, 5.41) is 4.01. The largest absolute Gasteiger partial charge is 0.494 e. The number of nitrogens with one attached hydrogen (secondary N) is 1. The molecule has 14 heteroatoms. The van der Waals surface area contributed by atoms with Crippen molar-refractivity contribution in [1.82, 2.24) is 29.3 Å². The molecule has 1 saturated heterocycles. The van der Waals surface area contributed by atoms with E-state index in [1.165, 1.54) is 0 Å². The summed E-state index contributed by atoms with van der Waals surface area (Å²) < 4.78 is 45.6. The molecule has 1 fully saturated rings. The van der Waals surface area contributed by atoms with E-state index >= 15 is 0 Å². The molecule has 4 aromatic rings. The predicted octanol–water partition coefficient (Wildman–Crippen LogP) is 4.54. The minimum atomic E-state index is -2.92. The molecule has 2 aliphatic rings. The molecule has 0 spiro atoms. The summed E-state index contributed by atoms with van der Waals surface area (Å²) in [7, 11) is 5.03. The van der Waals surface area contributed by atoms with Crippen molar-refractivity contribution in [2.24, 2.45) is 12.8 Å². The SMILES string of the molecule is COc1cc(C(=O)N2CC[C@@H](OC(F)F)[C@@H](N)C2)cc2nc(-c3cc4ccc5nc4n3CCCCCC[C@@H](OC)C(=O)N[C@@H]5C)n(C)c12. The number of fused-ring (bicyclic) bond motifs is 2. The molecular formula is C34H43F2N7O5. The molecule has 2 amide bonds. The highest BCUT2D eigenvalue weighted by molar-refractivity contribution is 6.00. The number of nitrogens with zero attached hydrogens (tertiary/aromatic N) is 5. The van der Waals surface area contributed by atoms with E-state index in [9.17, 15) is 18.4 Å². The zero-order valence-corrected chi connectivity index (χ0v) is 27.7. The van der Waals surface area contributed by atoms with Gasteiger partial charge < -0.3 is 39.3 Å². The van der Waals surface area contributed by atoms with E-state index < -0.39 is 24.9 Å². The molecule has 3 aromatic heterocycles. The van der Waals surface area contributed by atoms with Crippen LogP contribution in [0.4, 0.5) is 8.78 Å². The van der Waals surface area contributed by atoms with Crippen LogP contribution in [0.25, 0.3) is 33.6 Å². The quantitative estimate of drug-likeness (QED) is 0.306. The highest BCUT2D eigenvalue weighted by atomic mass is 19.3. The summed E-state index contributed by atoms with van der Waals surface area (Å²) in [5.41, 5.74) is 10.2. The molecule has 2 bridgehead atoms. The third-order valence-corrected chi connectivity index (χ3v) is 9.53. The van der Waals surface area contributed by atoms with Gasteiger partial charge in [-0.1, -0.05) is 19.3 Å². The topological polar surface area (TPSA) is 139 Å². The van der Waals surface area contributed by atoms with Crippen molar-refractivity contribution in [2.75, 3.05) is 27.3 Å². The minimum absolute atomic E-state index is 0.0917. The Morgan fingerprint density at radius 1 is 1.06 bits per heavy atom. The van der Waals surface area contributed by atoms with Gasteiger partial charge in [-0.2, -0.15) is 8.78 Å². The van der Waals surface area contributed by atoms with Crippen LogP contribution in [0.5, 0.6) is 5.75 Å². The lowest BCUT2D eigenvalue weighted by molar-refractivity contribution is -0.175. The summed E-state index contributed by atoms with van der Waals surface area (Å²) in [5.74, 6) is 0.739. The number of hydrogen-bond acceptors (Lipinski definition) is 8. The molecule has 12 nitrogen and oxygen atoms in total. The number of benzene rings is 1. The van der Waals surface area contributed by atoms with E-state index in [2.05, 4.69) is 20.7 Å². The highest BCUT2D eigenvalue weighted by Crippen LogP contribution is 2.35. The zero-order chi connectivity index (χ0) is 34.1. The Bertz CT molecular complexity index is 1810. The van der Waals surface area contributed by atoms with Gasteiger partial charge in [-0.25, -0.2) is 9.97 Å². The number of halogens is 2. The van der Waals surface area contributed by atoms with Crippen molar-refractivity contribution < 1.29 is 32.6 Å². The fraction of sp³-hybridized carbons (Fsp3) is 0.529. The van der Waals surface area contributed by atoms with Gasteiger partial charge in [-0.3, -0.25) is 9.59 Å². The van der Waals surface area contributed by atoms with E-state index in [1.54, 1.807) is 31.3 Å². The maximum absolute atomic E-state index is 13.6. The standard InChI is InChI=1S/C34H43F2N7O5/c1-19-23-11-10-20-16-25(43(30(20)39-23)13-8-6-5-7-9-27(46-3)32(44)38-19)31-40-24-15-21(17-28(47-4)29(24)41(31)2)33(45)42-14-12-26(22(37)18-42)48-34(35)36/h10-11,15-17,19,22,26-27,34H,5-9,12-14,18,37H2,1-4H3,(H,38,44)/t19-,22+,26-,27-/m1/s1. The number of methoxy groups -OCH3 is 2. The number of imidazole rings is 1. The number of carbonyl (C=O) groups is 2. The van der Waals surface area contributed by atoms with Gasteiger partial charge in [-0.05, 0) is 56.5 Å². The van der Waals surface area contributed by atoms with Gasteiger partial charge in [0, 0.05) is 50.8 Å². The first-order chi connectivity index (χ1) is 23.1. The number of amides is 2. The van der Waals surface area contributed by atoms with Crippen LogP contribution in [0, 0.1) is 0 Å². The number of piperidine rings is 1. The summed E-state index contributed by atoms with van der Waals surface area (Å²) in [4.78, 5) is 38.2. The van der Waals surface area contributed by atoms with Crippen molar-refractivity contribution in [3.05, 3.63) is 41.6 Å². The molecule has 0 radical (unpaired) electrons. The maximum atomic E-state index is 13.6. The van der Waals surface area contributed by atoms with Gasteiger partial charge in [0.15, 0.2) is 5.82 Å². The van der Waals surface area contributed by atoms with Crippen LogP contribution in [0.2, 0.25) is 0 Å². The average Bonchev–Trinajstić information content (AvgIpc) is 3.60. The van der Waals surface area contributed by atoms with Crippen molar-refractivity contribution in [3.63, 3.8) is 0 Å². The molecular weight excluding hydrogens is 624 g/mol. The summed E-state index contributed by atoms with van der Waals surface area (Å²) in [6.45, 7) is 0.0542. The second-order valence-electron chi connectivity index (χ2n) is 12.7. The maximum Gasteiger partial charge on any atom is 0.345 e. The molecule has 258 valence electrons. The Hall–Kier alpha value is -4.14. The Morgan fingerprint density at radius 2 is 1.85 bits per heavy atom. The Labute approximate surface area is 277 Å². The second kappa shape index (κ2) is 14.1. The van der Waals surface area contributed by atoms with Gasteiger partial charge in [0.25, 0.3) is 5.91 Å². The minimum Gasteiger partial charge on any atom is -0.494 e. The molecule has 5 heterocycles. The number of alkyl halides is 2. The number of nitrogens with two attached hydrogens (primary N) is 1. The van der Waals surface area contributed by atoms with Crippen molar-refractivity contribution in [1.29, 1.82) is 0 Å². The lowest BCUT2D eigenvalue weighted by Crippen LogP contribution is -2.54. The van der Waals surface area contributed by atoms with Crippen LogP contribution >= 0.6 is 0 Å². The van der Waals surface area contributed by atoms with Crippen molar-refractivity contribution >= 4 is 33.9 Å². The van der Waals surface area contributed by atoms with E-state index in [1.807, 2.05) is 30.7 Å². The third kappa shape index (κ3) is 6.61. The molecule has 0 unspecified atom stereocenters. The Balaban J connectivity index is 1.37. The Morgan fingerprint density at radius 3 is 2.58 bits per heavy atom. The number of hydrogen-bond donors (Lipinski definition) is 2. The third-order valence-electron chi connectivity index (χ3n) is 9.53. The lowest BCUT2D eigenvalue weighted by atomic mass is 10.0. The highest BCUT2D eigenvalue weighted by Gasteiger charge is 2.33. The fourth-order valence-corrected chi connectivity index (χ4v) is 6.93. The van der Waals surface area contributed by atoms with Gasteiger partial charge in [-0.15, -0.1) is 0 Å². The molecule has 1 aromatic carbocycles. The number of aryl methyl sites for hydroxylation is 2. The molecule has 48 heavy (non-hydrogen) atoms. The van der Waals surface area contributed by atoms with Crippen LogP contribution in [0.3, 0.4) is 0 Å². The zero-order valence-electron chi connectivity index (χ0n) is 27.7. The molecule has 0 aliphatic carbocycles. The van der Waals surface area contributed by atoms with Crippen LogP contribution < -0.4 is 15.8 Å². The number of ether oxygens (including phenoxy) is 3. The average molecular weight is 668 g/mol. The first-order valence-corrected chi connectivity index (χ1v) is 16.5. The molecule has 4 atom stereocenters. The first-order valence-electron chi connectivity index (χ1n) is 16.5. The van der Waals surface area contributed by atoms with Crippen LogP contribution in [0.1, 0.15) is 67.5 Å². The van der Waals surface area contributed by atoms with E-state index in [0.717, 1.165) is 60.2 Å². The van der Waals surface area contributed by atoms with Crippen LogP contribution in [0.15, 0.2) is 30.3 Å². The molecule has 0 saturated carbocycles. The monoisotopic (exact) mass is 667 g/mol. The van der Waals surface area contributed by atoms with Gasteiger partial charge in [0.05, 0.1) is 36.2 Å². The number of rotatable bonds is 6. The number of aromatic nitrogens is 4. The second-order valence-corrected chi connectivity index (χ2v) is 12.7. The molecule has 6 rings (SSSR count).